The molecule has 6 heteroatoms. The summed E-state index contributed by atoms with van der Waals surface area (Å²) in [5.41, 5.74) is 10.3. The van der Waals surface area contributed by atoms with E-state index in [2.05, 4.69) is 4.98 Å². The maximum absolute atomic E-state index is 12.3. The van der Waals surface area contributed by atoms with Crippen LogP contribution in [0.1, 0.15) is 17.7 Å². The van der Waals surface area contributed by atoms with Gasteiger partial charge in [-0.05, 0) is 6.07 Å². The summed E-state index contributed by atoms with van der Waals surface area (Å²) in [6.07, 6.45) is -2.75. The number of nitrogens with two attached hydrogens (primary N) is 2. The fourth-order valence-electron chi connectivity index (χ4n) is 1.06. The van der Waals surface area contributed by atoms with Crippen molar-refractivity contribution in [3.8, 4) is 6.07 Å². The third-order valence-electron chi connectivity index (χ3n) is 1.65. The molecule has 0 aliphatic rings. The topological polar surface area (TPSA) is 88.7 Å². The van der Waals surface area contributed by atoms with Gasteiger partial charge in [0.15, 0.2) is 0 Å². The van der Waals surface area contributed by atoms with Crippen LogP contribution in [-0.4, -0.2) is 4.98 Å². The van der Waals surface area contributed by atoms with Gasteiger partial charge in [-0.1, -0.05) is 0 Å². The Morgan fingerprint density at radius 3 is 2.57 bits per heavy atom. The molecule has 0 unspecified atom stereocenters. The lowest BCUT2D eigenvalue weighted by Gasteiger charge is -2.08. The molecule has 74 valence electrons. The van der Waals surface area contributed by atoms with Crippen LogP contribution in [-0.2, 0) is 6.42 Å². The van der Waals surface area contributed by atoms with E-state index in [1.165, 1.54) is 6.07 Å². The second-order valence-corrected chi connectivity index (χ2v) is 2.64. The fourth-order valence-corrected chi connectivity index (χ4v) is 1.06. The van der Waals surface area contributed by atoms with Crippen molar-refractivity contribution in [3.05, 3.63) is 17.3 Å². The number of alkyl halides is 2. The summed E-state index contributed by atoms with van der Waals surface area (Å²) in [7, 11) is 0. The van der Waals surface area contributed by atoms with Gasteiger partial charge in [0.2, 0.25) is 0 Å². The van der Waals surface area contributed by atoms with Crippen molar-refractivity contribution in [2.24, 2.45) is 0 Å². The number of halogens is 2. The highest BCUT2D eigenvalue weighted by Gasteiger charge is 2.17. The van der Waals surface area contributed by atoms with E-state index in [1.54, 1.807) is 0 Å². The largest absolute Gasteiger partial charge is 0.398 e. The van der Waals surface area contributed by atoms with E-state index in [0.29, 0.717) is 5.69 Å². The quantitative estimate of drug-likeness (QED) is 0.748. The Labute approximate surface area is 79.1 Å². The lowest BCUT2D eigenvalue weighted by atomic mass is 10.1. The molecule has 1 aromatic rings. The molecule has 0 spiro atoms. The molecule has 0 fully saturated rings. The van der Waals surface area contributed by atoms with Crippen molar-refractivity contribution in [2.45, 2.75) is 12.8 Å². The SMILES string of the molecule is N#CCc1cc(N)c(C(F)F)c(N)n1. The van der Waals surface area contributed by atoms with E-state index in [-0.39, 0.29) is 17.9 Å². The number of rotatable bonds is 2. The zero-order valence-corrected chi connectivity index (χ0v) is 7.17. The second kappa shape index (κ2) is 3.87. The Bertz CT molecular complexity index is 360. The zero-order valence-electron chi connectivity index (χ0n) is 7.17. The summed E-state index contributed by atoms with van der Waals surface area (Å²) in [5.74, 6) is -0.315. The lowest BCUT2D eigenvalue weighted by Crippen LogP contribution is -2.05. The molecule has 0 radical (unpaired) electrons. The first-order chi connectivity index (χ1) is 6.56. The van der Waals surface area contributed by atoms with Gasteiger partial charge in [-0.3, -0.25) is 0 Å². The van der Waals surface area contributed by atoms with Crippen LogP contribution in [0.5, 0.6) is 0 Å². The molecule has 0 atom stereocenters. The molecule has 1 rings (SSSR count). The number of nitrogens with zero attached hydrogens (tertiary/aromatic N) is 2. The fraction of sp³-hybridized carbons (Fsp3) is 0.250. The van der Waals surface area contributed by atoms with Crippen molar-refractivity contribution in [1.82, 2.24) is 4.98 Å². The standard InChI is InChI=1S/C8H8F2N4/c9-7(10)6-5(12)3-4(1-2-11)14-8(6)13/h3,7H,1H2,(H4,12,13,14). The van der Waals surface area contributed by atoms with Crippen LogP contribution < -0.4 is 11.5 Å². The van der Waals surface area contributed by atoms with Gasteiger partial charge in [0, 0.05) is 5.69 Å². The highest BCUT2D eigenvalue weighted by Crippen LogP contribution is 2.29. The molecule has 4 nitrogen and oxygen atoms in total. The second-order valence-electron chi connectivity index (χ2n) is 2.64. The number of aromatic nitrogens is 1. The van der Waals surface area contributed by atoms with E-state index >= 15 is 0 Å². The third-order valence-corrected chi connectivity index (χ3v) is 1.65. The monoisotopic (exact) mass is 198 g/mol. The zero-order chi connectivity index (χ0) is 10.7. The Morgan fingerprint density at radius 1 is 1.50 bits per heavy atom. The number of nitriles is 1. The number of hydrogen-bond donors (Lipinski definition) is 2. The Balaban J connectivity index is 3.19. The van der Waals surface area contributed by atoms with E-state index < -0.39 is 12.0 Å². The molecule has 0 aliphatic heterocycles. The summed E-state index contributed by atoms with van der Waals surface area (Å²) in [5, 5.41) is 8.36. The molecule has 1 aromatic heterocycles. The number of nitrogen functional groups attached to an aromatic ring is 2. The van der Waals surface area contributed by atoms with Gasteiger partial charge in [-0.15, -0.1) is 0 Å². The summed E-state index contributed by atoms with van der Waals surface area (Å²) in [6.45, 7) is 0. The minimum absolute atomic E-state index is 0.00207. The molecule has 0 aromatic carbocycles. The van der Waals surface area contributed by atoms with Gasteiger partial charge in [0.05, 0.1) is 23.7 Å². The lowest BCUT2D eigenvalue weighted by molar-refractivity contribution is 0.152. The highest BCUT2D eigenvalue weighted by atomic mass is 19.3. The molecule has 14 heavy (non-hydrogen) atoms. The van der Waals surface area contributed by atoms with Crippen LogP contribution in [0, 0.1) is 11.3 Å². The summed E-state index contributed by atoms with van der Waals surface area (Å²) < 4.78 is 24.7. The van der Waals surface area contributed by atoms with Gasteiger partial charge >= 0.3 is 0 Å². The predicted octanol–water partition coefficient (Wildman–Crippen LogP) is 1.25. The van der Waals surface area contributed by atoms with Crippen molar-refractivity contribution in [2.75, 3.05) is 11.5 Å². The maximum atomic E-state index is 12.3. The van der Waals surface area contributed by atoms with Crippen LogP contribution in [0.4, 0.5) is 20.3 Å². The van der Waals surface area contributed by atoms with Crippen LogP contribution >= 0.6 is 0 Å². The maximum Gasteiger partial charge on any atom is 0.269 e. The average Bonchev–Trinajstić information content (AvgIpc) is 2.01. The molecule has 4 N–H and O–H groups in total. The summed E-state index contributed by atoms with van der Waals surface area (Å²) >= 11 is 0. The third kappa shape index (κ3) is 1.88. The Kier molecular flexibility index (Phi) is 2.82. The predicted molar refractivity (Wildman–Crippen MR) is 47.3 cm³/mol. The summed E-state index contributed by atoms with van der Waals surface area (Å²) in [6, 6.07) is 3.06. The van der Waals surface area contributed by atoms with Crippen molar-refractivity contribution in [3.63, 3.8) is 0 Å². The average molecular weight is 198 g/mol. The molecule has 0 saturated heterocycles. The van der Waals surface area contributed by atoms with Crippen LogP contribution in [0.3, 0.4) is 0 Å². The molecular weight excluding hydrogens is 190 g/mol. The van der Waals surface area contributed by atoms with E-state index in [1.807, 2.05) is 6.07 Å². The Morgan fingerprint density at radius 2 is 2.14 bits per heavy atom. The highest BCUT2D eigenvalue weighted by molar-refractivity contribution is 5.59. The first-order valence-corrected chi connectivity index (χ1v) is 3.76. The Hall–Kier alpha value is -1.90. The van der Waals surface area contributed by atoms with E-state index in [4.69, 9.17) is 16.7 Å². The summed E-state index contributed by atoms with van der Waals surface area (Å²) in [4.78, 5) is 3.64. The molecule has 0 saturated carbocycles. The van der Waals surface area contributed by atoms with Gasteiger partial charge in [0.1, 0.15) is 5.82 Å². The van der Waals surface area contributed by atoms with Gasteiger partial charge < -0.3 is 11.5 Å². The molecule has 0 amide bonds. The first kappa shape index (κ1) is 10.2. The smallest absolute Gasteiger partial charge is 0.269 e. The van der Waals surface area contributed by atoms with Crippen LogP contribution in [0.2, 0.25) is 0 Å². The van der Waals surface area contributed by atoms with Crippen LogP contribution in [0.25, 0.3) is 0 Å². The molecule has 1 heterocycles. The minimum atomic E-state index is -2.75. The number of anilines is 2. The molecule has 0 bridgehead atoms. The van der Waals surface area contributed by atoms with Crippen molar-refractivity contribution >= 4 is 11.5 Å². The normalized spacial score (nSPS) is 10.1. The van der Waals surface area contributed by atoms with Crippen molar-refractivity contribution < 1.29 is 8.78 Å². The van der Waals surface area contributed by atoms with Gasteiger partial charge in [0.25, 0.3) is 6.43 Å². The van der Waals surface area contributed by atoms with Crippen molar-refractivity contribution in [1.29, 1.82) is 5.26 Å². The first-order valence-electron chi connectivity index (χ1n) is 3.76. The minimum Gasteiger partial charge on any atom is -0.398 e. The van der Waals surface area contributed by atoms with E-state index in [0.717, 1.165) is 0 Å². The molecular formula is C8H8F2N4. The number of pyridine rings is 1. The van der Waals surface area contributed by atoms with E-state index in [9.17, 15) is 8.78 Å². The number of hydrogen-bond acceptors (Lipinski definition) is 4. The van der Waals surface area contributed by atoms with Crippen LogP contribution in [0.15, 0.2) is 6.07 Å². The van der Waals surface area contributed by atoms with Gasteiger partial charge in [-0.25, -0.2) is 13.8 Å². The van der Waals surface area contributed by atoms with Gasteiger partial charge in [-0.2, -0.15) is 5.26 Å². The molecule has 0 aliphatic carbocycles.